The molecular weight excluding hydrogens is 208 g/mol. The van der Waals surface area contributed by atoms with Crippen molar-refractivity contribution in [1.29, 1.82) is 0 Å². The first-order chi connectivity index (χ1) is 7.16. The molecule has 0 spiro atoms. The number of aromatic nitrogens is 4. The Kier molecular flexibility index (Phi) is 2.00. The molecule has 0 radical (unpaired) electrons. The van der Waals surface area contributed by atoms with E-state index in [4.69, 9.17) is 0 Å². The molecule has 2 heterocycles. The minimum atomic E-state index is -0.889. The largest absolute Gasteiger partial charge is 0.339 e. The van der Waals surface area contributed by atoms with E-state index in [0.717, 1.165) is 0 Å². The lowest BCUT2D eigenvalue weighted by atomic mass is 10.4. The molecule has 0 saturated carbocycles. The molecule has 15 heavy (non-hydrogen) atoms. The SMILES string of the molecule is Cc1nc(-c2no[nH]/c2=N\[N+](=O)[O-])no1. The molecule has 10 heteroatoms. The summed E-state index contributed by atoms with van der Waals surface area (Å²) in [7, 11) is 0. The highest BCUT2D eigenvalue weighted by molar-refractivity contribution is 5.43. The van der Waals surface area contributed by atoms with E-state index in [-0.39, 0.29) is 17.0 Å². The molecule has 0 aliphatic rings. The number of nitrogens with one attached hydrogen (secondary N) is 1. The van der Waals surface area contributed by atoms with Gasteiger partial charge in [0, 0.05) is 6.92 Å². The summed E-state index contributed by atoms with van der Waals surface area (Å²) in [6.45, 7) is 1.57. The van der Waals surface area contributed by atoms with Crippen molar-refractivity contribution in [1.82, 2.24) is 20.5 Å². The maximum Gasteiger partial charge on any atom is 0.269 e. The van der Waals surface area contributed by atoms with Crippen LogP contribution in [0, 0.1) is 17.0 Å². The minimum absolute atomic E-state index is 0.0172. The van der Waals surface area contributed by atoms with Crippen molar-refractivity contribution < 1.29 is 14.2 Å². The summed E-state index contributed by atoms with van der Waals surface area (Å²) < 4.78 is 9.10. The van der Waals surface area contributed by atoms with E-state index in [1.54, 1.807) is 6.92 Å². The molecule has 0 amide bonds. The van der Waals surface area contributed by atoms with Crippen LogP contribution in [0.5, 0.6) is 0 Å². The summed E-state index contributed by atoms with van der Waals surface area (Å²) in [5.41, 5.74) is -0.163. The second-order valence-electron chi connectivity index (χ2n) is 2.46. The van der Waals surface area contributed by atoms with Crippen LogP contribution in [0.1, 0.15) is 5.89 Å². The van der Waals surface area contributed by atoms with Crippen molar-refractivity contribution in [3.63, 3.8) is 0 Å². The molecule has 10 nitrogen and oxygen atoms in total. The van der Waals surface area contributed by atoms with Crippen LogP contribution >= 0.6 is 0 Å². The molecule has 78 valence electrons. The summed E-state index contributed by atoms with van der Waals surface area (Å²) in [5.74, 6) is 0.373. The molecular formula is C5H4N6O4. The Morgan fingerprint density at radius 2 is 2.33 bits per heavy atom. The number of hydrogen-bond donors (Lipinski definition) is 1. The second-order valence-corrected chi connectivity index (χ2v) is 2.46. The van der Waals surface area contributed by atoms with E-state index in [9.17, 15) is 10.1 Å². The van der Waals surface area contributed by atoms with Gasteiger partial charge in [0.05, 0.1) is 5.10 Å². The number of H-pyrrole nitrogens is 1. The Morgan fingerprint density at radius 3 is 2.93 bits per heavy atom. The topological polar surface area (TPSA) is 136 Å². The van der Waals surface area contributed by atoms with Crippen LogP contribution in [0.15, 0.2) is 14.3 Å². The summed E-state index contributed by atoms with van der Waals surface area (Å²) >= 11 is 0. The van der Waals surface area contributed by atoms with Gasteiger partial charge in [0.2, 0.25) is 17.4 Å². The lowest BCUT2D eigenvalue weighted by Gasteiger charge is -1.78. The Balaban J connectivity index is 2.55. The van der Waals surface area contributed by atoms with Gasteiger partial charge in [-0.2, -0.15) is 10.1 Å². The molecule has 0 aromatic carbocycles. The first kappa shape index (κ1) is 9.05. The zero-order chi connectivity index (χ0) is 10.8. The van der Waals surface area contributed by atoms with Crippen LogP contribution in [-0.4, -0.2) is 25.5 Å². The highest BCUT2D eigenvalue weighted by Gasteiger charge is 2.14. The van der Waals surface area contributed by atoms with Crippen molar-refractivity contribution >= 4 is 0 Å². The number of rotatable bonds is 2. The number of hydrogen-bond acceptors (Lipinski definition) is 7. The molecule has 2 aromatic heterocycles. The van der Waals surface area contributed by atoms with Gasteiger partial charge in [-0.05, 0) is 5.16 Å². The fraction of sp³-hybridized carbons (Fsp3) is 0.200. The van der Waals surface area contributed by atoms with Crippen LogP contribution in [0.3, 0.4) is 0 Å². The molecule has 2 aromatic rings. The first-order valence-electron chi connectivity index (χ1n) is 3.71. The summed E-state index contributed by atoms with van der Waals surface area (Å²) in [6.07, 6.45) is 0. The smallest absolute Gasteiger partial charge is 0.269 e. The van der Waals surface area contributed by atoms with Crippen LogP contribution in [0.25, 0.3) is 11.5 Å². The van der Waals surface area contributed by atoms with E-state index < -0.39 is 5.03 Å². The van der Waals surface area contributed by atoms with Gasteiger partial charge in [-0.1, -0.05) is 5.16 Å². The monoisotopic (exact) mass is 212 g/mol. The van der Waals surface area contributed by atoms with Gasteiger partial charge in [-0.3, -0.25) is 4.63 Å². The standard InChI is InChI=1S/C5H4N6O4/c1-2-6-4(9-14-2)3-5(7-11(12)13)10-15-8-3/h1H3,(H,7,10). The van der Waals surface area contributed by atoms with E-state index in [0.29, 0.717) is 5.89 Å². The zero-order valence-electron chi connectivity index (χ0n) is 7.37. The van der Waals surface area contributed by atoms with Gasteiger partial charge in [0.1, 0.15) is 0 Å². The van der Waals surface area contributed by atoms with Gasteiger partial charge >= 0.3 is 0 Å². The van der Waals surface area contributed by atoms with Crippen LogP contribution in [0.4, 0.5) is 0 Å². The lowest BCUT2D eigenvalue weighted by molar-refractivity contribution is -0.490. The Morgan fingerprint density at radius 1 is 1.53 bits per heavy atom. The number of aromatic amines is 1. The summed E-state index contributed by atoms with van der Waals surface area (Å²) in [6, 6.07) is 0. The molecule has 0 aliphatic carbocycles. The Hall–Kier alpha value is -2.52. The van der Waals surface area contributed by atoms with Gasteiger partial charge < -0.3 is 4.52 Å². The second kappa shape index (κ2) is 3.32. The fourth-order valence-electron chi connectivity index (χ4n) is 0.895. The minimum Gasteiger partial charge on any atom is -0.339 e. The number of aryl methyl sites for hydroxylation is 1. The number of nitrogens with zero attached hydrogens (tertiary/aromatic N) is 5. The molecule has 2 rings (SSSR count). The molecule has 0 fully saturated rings. The molecule has 0 bridgehead atoms. The average molecular weight is 212 g/mol. The zero-order valence-corrected chi connectivity index (χ0v) is 7.37. The van der Waals surface area contributed by atoms with Crippen LogP contribution in [-0.2, 0) is 0 Å². The van der Waals surface area contributed by atoms with E-state index in [1.807, 2.05) is 0 Å². The van der Waals surface area contributed by atoms with Crippen molar-refractivity contribution in [3.8, 4) is 11.5 Å². The van der Waals surface area contributed by atoms with E-state index in [1.165, 1.54) is 0 Å². The summed E-state index contributed by atoms with van der Waals surface area (Å²) in [4.78, 5) is 14.0. The predicted octanol–water partition coefficient (Wildman–Crippen LogP) is -0.546. The van der Waals surface area contributed by atoms with Crippen molar-refractivity contribution in [2.75, 3.05) is 0 Å². The predicted molar refractivity (Wildman–Crippen MR) is 41.4 cm³/mol. The Labute approximate surface area is 80.7 Å². The van der Waals surface area contributed by atoms with Crippen molar-refractivity contribution in [2.45, 2.75) is 6.92 Å². The Bertz CT molecular complexity index is 550. The fourth-order valence-corrected chi connectivity index (χ4v) is 0.895. The van der Waals surface area contributed by atoms with Crippen molar-refractivity contribution in [3.05, 3.63) is 21.5 Å². The van der Waals surface area contributed by atoms with Gasteiger partial charge in [-0.25, -0.2) is 10.1 Å². The highest BCUT2D eigenvalue weighted by atomic mass is 16.7. The molecule has 0 aliphatic heterocycles. The van der Waals surface area contributed by atoms with E-state index >= 15 is 0 Å². The average Bonchev–Trinajstić information content (AvgIpc) is 2.72. The normalized spacial score (nSPS) is 11.9. The van der Waals surface area contributed by atoms with Gasteiger partial charge in [0.15, 0.2) is 5.03 Å². The van der Waals surface area contributed by atoms with Crippen molar-refractivity contribution in [2.24, 2.45) is 5.10 Å². The third-order valence-corrected chi connectivity index (χ3v) is 1.42. The molecule has 1 N–H and O–H groups in total. The van der Waals surface area contributed by atoms with Gasteiger partial charge in [-0.15, -0.1) is 0 Å². The highest BCUT2D eigenvalue weighted by Crippen LogP contribution is 2.06. The molecule has 0 unspecified atom stereocenters. The molecule has 0 saturated heterocycles. The lowest BCUT2D eigenvalue weighted by Crippen LogP contribution is -2.09. The third-order valence-electron chi connectivity index (χ3n) is 1.42. The first-order valence-corrected chi connectivity index (χ1v) is 3.71. The van der Waals surface area contributed by atoms with E-state index in [2.05, 4.69) is 34.7 Å². The quantitative estimate of drug-likeness (QED) is 0.520. The molecule has 0 atom stereocenters. The maximum atomic E-state index is 10.1. The van der Waals surface area contributed by atoms with Crippen LogP contribution < -0.4 is 5.49 Å². The van der Waals surface area contributed by atoms with Gasteiger partial charge in [0.25, 0.3) is 5.49 Å². The third kappa shape index (κ3) is 1.72. The summed E-state index contributed by atoms with van der Waals surface area (Å²) in [5, 5.41) is 21.3. The van der Waals surface area contributed by atoms with Crippen LogP contribution in [0.2, 0.25) is 0 Å². The maximum absolute atomic E-state index is 10.1. The number of nitro groups is 1.